The largest absolute Gasteiger partial charge is 0.454 e. The third-order valence-electron chi connectivity index (χ3n) is 4.56. The summed E-state index contributed by atoms with van der Waals surface area (Å²) in [5.41, 5.74) is 1.10. The summed E-state index contributed by atoms with van der Waals surface area (Å²) in [6, 6.07) is 5.92. The first-order valence-corrected chi connectivity index (χ1v) is 8.61. The van der Waals surface area contributed by atoms with E-state index in [0.29, 0.717) is 12.5 Å². The van der Waals surface area contributed by atoms with Crippen molar-refractivity contribution in [2.24, 2.45) is 0 Å². The second-order valence-corrected chi connectivity index (χ2v) is 6.10. The number of ether oxygens (including phenoxy) is 2. The minimum atomic E-state index is 0.288. The van der Waals surface area contributed by atoms with Crippen LogP contribution < -0.4 is 19.7 Å². The molecule has 132 valence electrons. The van der Waals surface area contributed by atoms with Gasteiger partial charge in [-0.3, -0.25) is 0 Å². The lowest BCUT2D eigenvalue weighted by Gasteiger charge is -2.33. The van der Waals surface area contributed by atoms with Crippen LogP contribution >= 0.6 is 0 Å². The van der Waals surface area contributed by atoms with E-state index in [9.17, 15) is 0 Å². The number of fused-ring (bicyclic) bond motifs is 1. The van der Waals surface area contributed by atoms with E-state index in [1.807, 2.05) is 18.2 Å². The Balaban J connectivity index is 1.38. The highest BCUT2D eigenvalue weighted by Crippen LogP contribution is 2.32. The van der Waals surface area contributed by atoms with Crippen LogP contribution in [0.25, 0.3) is 0 Å². The molecular weight excluding hydrogens is 320 g/mol. The summed E-state index contributed by atoms with van der Waals surface area (Å²) in [7, 11) is 0. The summed E-state index contributed by atoms with van der Waals surface area (Å²) >= 11 is 0. The Kier molecular flexibility index (Phi) is 4.51. The molecule has 25 heavy (non-hydrogen) atoms. The highest BCUT2D eigenvalue weighted by atomic mass is 16.7. The smallest absolute Gasteiger partial charge is 0.247 e. The van der Waals surface area contributed by atoms with E-state index in [1.54, 1.807) is 6.20 Å². The number of nitrogens with one attached hydrogen (secondary N) is 1. The molecule has 2 aliphatic heterocycles. The van der Waals surface area contributed by atoms with Crippen molar-refractivity contribution in [2.75, 3.05) is 49.7 Å². The predicted molar refractivity (Wildman–Crippen MR) is 94.0 cm³/mol. The second-order valence-electron chi connectivity index (χ2n) is 6.10. The fourth-order valence-electron chi connectivity index (χ4n) is 3.02. The molecule has 0 amide bonds. The van der Waals surface area contributed by atoms with Gasteiger partial charge in [-0.15, -0.1) is 5.10 Å². The lowest BCUT2D eigenvalue weighted by atomic mass is 10.2. The number of likely N-dealkylation sites (N-methyl/N-ethyl adjacent to an activating group) is 1. The zero-order chi connectivity index (χ0) is 17.1. The summed E-state index contributed by atoms with van der Waals surface area (Å²) in [6.07, 6.45) is 1.65. The quantitative estimate of drug-likeness (QED) is 0.873. The van der Waals surface area contributed by atoms with Crippen molar-refractivity contribution in [1.82, 2.24) is 20.1 Å². The van der Waals surface area contributed by atoms with Crippen LogP contribution in [0, 0.1) is 0 Å². The molecule has 1 fully saturated rings. The fraction of sp³-hybridized carbons (Fsp3) is 0.471. The van der Waals surface area contributed by atoms with Crippen molar-refractivity contribution < 1.29 is 9.47 Å². The first-order valence-electron chi connectivity index (χ1n) is 8.61. The van der Waals surface area contributed by atoms with Crippen molar-refractivity contribution in [3.05, 3.63) is 30.0 Å². The summed E-state index contributed by atoms with van der Waals surface area (Å²) in [5, 5.41) is 11.6. The van der Waals surface area contributed by atoms with Crippen LogP contribution in [0.3, 0.4) is 0 Å². The van der Waals surface area contributed by atoms with Gasteiger partial charge < -0.3 is 24.6 Å². The van der Waals surface area contributed by atoms with Crippen molar-refractivity contribution in [3.8, 4) is 11.5 Å². The van der Waals surface area contributed by atoms with Crippen molar-refractivity contribution >= 4 is 11.8 Å². The first kappa shape index (κ1) is 15.9. The summed E-state index contributed by atoms with van der Waals surface area (Å²) in [6.45, 7) is 8.14. The average molecular weight is 342 g/mol. The molecule has 8 nitrogen and oxygen atoms in total. The number of anilines is 2. The molecule has 0 bridgehead atoms. The number of benzene rings is 1. The zero-order valence-corrected chi connectivity index (χ0v) is 14.3. The number of nitrogens with zero attached hydrogens (tertiary/aromatic N) is 5. The molecule has 1 aromatic heterocycles. The van der Waals surface area contributed by atoms with Crippen LogP contribution in [-0.2, 0) is 6.54 Å². The van der Waals surface area contributed by atoms with Gasteiger partial charge in [0.05, 0.1) is 6.20 Å². The summed E-state index contributed by atoms with van der Waals surface area (Å²) < 4.78 is 10.7. The number of hydrogen-bond donors (Lipinski definition) is 1. The van der Waals surface area contributed by atoms with E-state index in [-0.39, 0.29) is 6.79 Å². The van der Waals surface area contributed by atoms with Gasteiger partial charge in [-0.25, -0.2) is 0 Å². The molecule has 4 rings (SSSR count). The maximum Gasteiger partial charge on any atom is 0.247 e. The zero-order valence-electron chi connectivity index (χ0n) is 14.3. The fourth-order valence-corrected chi connectivity index (χ4v) is 3.02. The van der Waals surface area contributed by atoms with Gasteiger partial charge >= 0.3 is 0 Å². The highest BCUT2D eigenvalue weighted by Gasteiger charge is 2.18. The van der Waals surface area contributed by atoms with Gasteiger partial charge in [-0.05, 0) is 24.2 Å². The number of aromatic nitrogens is 3. The Morgan fingerprint density at radius 2 is 1.96 bits per heavy atom. The van der Waals surface area contributed by atoms with Gasteiger partial charge in [0.1, 0.15) is 0 Å². The van der Waals surface area contributed by atoms with Crippen LogP contribution in [0.1, 0.15) is 12.5 Å². The van der Waals surface area contributed by atoms with Crippen LogP contribution in [0.2, 0.25) is 0 Å². The molecule has 0 saturated carbocycles. The Morgan fingerprint density at radius 3 is 2.80 bits per heavy atom. The van der Waals surface area contributed by atoms with Crippen LogP contribution in [0.5, 0.6) is 11.5 Å². The lowest BCUT2D eigenvalue weighted by molar-refractivity contribution is 0.174. The molecular formula is C17H22N6O2. The normalized spacial score (nSPS) is 16.9. The number of hydrogen-bond acceptors (Lipinski definition) is 8. The summed E-state index contributed by atoms with van der Waals surface area (Å²) in [5.74, 6) is 2.99. The van der Waals surface area contributed by atoms with Crippen LogP contribution in [0.4, 0.5) is 11.8 Å². The van der Waals surface area contributed by atoms with Crippen molar-refractivity contribution in [1.29, 1.82) is 0 Å². The Hall–Kier alpha value is -2.61. The monoisotopic (exact) mass is 342 g/mol. The highest BCUT2D eigenvalue weighted by molar-refractivity contribution is 5.46. The molecule has 1 saturated heterocycles. The second kappa shape index (κ2) is 7.10. The maximum absolute atomic E-state index is 5.41. The minimum absolute atomic E-state index is 0.288. The SMILES string of the molecule is CCN1CCN(c2nncc(NCc3ccc4c(c3)OCO4)n2)CC1. The third kappa shape index (κ3) is 3.58. The Morgan fingerprint density at radius 1 is 1.12 bits per heavy atom. The third-order valence-corrected chi connectivity index (χ3v) is 4.56. The van der Waals surface area contributed by atoms with Crippen LogP contribution in [0.15, 0.2) is 24.4 Å². The van der Waals surface area contributed by atoms with Gasteiger partial charge in [0.2, 0.25) is 12.7 Å². The van der Waals surface area contributed by atoms with Crippen molar-refractivity contribution in [3.63, 3.8) is 0 Å². The van der Waals surface area contributed by atoms with E-state index < -0.39 is 0 Å². The molecule has 0 aliphatic carbocycles. The molecule has 3 heterocycles. The number of rotatable bonds is 5. The van der Waals surface area contributed by atoms with Gasteiger partial charge in [-0.1, -0.05) is 13.0 Å². The van der Waals surface area contributed by atoms with Crippen LogP contribution in [-0.4, -0.2) is 59.6 Å². The standard InChI is InChI=1S/C17H22N6O2/c1-2-22-5-7-23(8-6-22)17-20-16(11-19-21-17)18-10-13-3-4-14-15(9-13)25-12-24-14/h3-4,9,11H,2,5-8,10,12H2,1H3,(H,18,20,21). The van der Waals surface area contributed by atoms with Gasteiger partial charge in [-0.2, -0.15) is 10.1 Å². The van der Waals surface area contributed by atoms with E-state index >= 15 is 0 Å². The molecule has 0 unspecified atom stereocenters. The molecule has 0 spiro atoms. The topological polar surface area (TPSA) is 75.6 Å². The molecule has 1 N–H and O–H groups in total. The van der Waals surface area contributed by atoms with E-state index in [2.05, 4.69) is 37.2 Å². The maximum atomic E-state index is 5.41. The minimum Gasteiger partial charge on any atom is -0.454 e. The first-order chi connectivity index (χ1) is 12.3. The molecule has 1 aromatic carbocycles. The van der Waals surface area contributed by atoms with Gasteiger partial charge in [0, 0.05) is 32.7 Å². The van der Waals surface area contributed by atoms with Gasteiger partial charge in [0.15, 0.2) is 17.3 Å². The average Bonchev–Trinajstić information content (AvgIpc) is 3.14. The van der Waals surface area contributed by atoms with E-state index in [1.165, 1.54) is 0 Å². The molecule has 8 heteroatoms. The predicted octanol–water partition coefficient (Wildman–Crippen LogP) is 1.35. The lowest BCUT2D eigenvalue weighted by Crippen LogP contribution is -2.46. The van der Waals surface area contributed by atoms with Crippen molar-refractivity contribution in [2.45, 2.75) is 13.5 Å². The summed E-state index contributed by atoms with van der Waals surface area (Å²) in [4.78, 5) is 9.21. The van der Waals surface area contributed by atoms with Gasteiger partial charge in [0.25, 0.3) is 0 Å². The van der Waals surface area contributed by atoms with E-state index in [4.69, 9.17) is 9.47 Å². The number of piperazine rings is 1. The molecule has 2 aliphatic rings. The Bertz CT molecular complexity index is 733. The molecule has 2 aromatic rings. The molecule has 0 radical (unpaired) electrons. The van der Waals surface area contributed by atoms with E-state index in [0.717, 1.165) is 55.6 Å². The Labute approximate surface area is 146 Å². The molecule has 0 atom stereocenters.